The fourth-order valence-corrected chi connectivity index (χ4v) is 3.09. The van der Waals surface area contributed by atoms with Crippen LogP contribution in [0.1, 0.15) is 38.7 Å². The molecule has 0 radical (unpaired) electrons. The van der Waals surface area contributed by atoms with Gasteiger partial charge in [-0.15, -0.1) is 0 Å². The Morgan fingerprint density at radius 2 is 2.15 bits per heavy atom. The summed E-state index contributed by atoms with van der Waals surface area (Å²) in [5.74, 6) is 0. The fourth-order valence-electron chi connectivity index (χ4n) is 2.73. The first-order chi connectivity index (χ1) is 9.60. The predicted molar refractivity (Wildman–Crippen MR) is 86.8 cm³/mol. The molecule has 1 aliphatic rings. The highest BCUT2D eigenvalue weighted by atomic mass is 79.9. The van der Waals surface area contributed by atoms with E-state index < -0.39 is 0 Å². The van der Waals surface area contributed by atoms with Gasteiger partial charge >= 0.3 is 0 Å². The summed E-state index contributed by atoms with van der Waals surface area (Å²) < 4.78 is 1.01. The van der Waals surface area contributed by atoms with E-state index in [9.17, 15) is 5.26 Å². The van der Waals surface area contributed by atoms with Crippen LogP contribution in [0, 0.1) is 11.3 Å². The lowest BCUT2D eigenvalue weighted by atomic mass is 10.1. The molecule has 3 nitrogen and oxygen atoms in total. The molecular weight excluding hydrogens is 314 g/mol. The first kappa shape index (κ1) is 15.3. The van der Waals surface area contributed by atoms with Crippen molar-refractivity contribution in [3.8, 4) is 6.07 Å². The molecule has 108 valence electrons. The average molecular weight is 336 g/mol. The summed E-state index contributed by atoms with van der Waals surface area (Å²) in [6, 6.07) is 9.12. The molecule has 1 aromatic rings. The molecule has 0 bridgehead atoms. The maximum Gasteiger partial charge on any atom is 0.101 e. The minimum atomic E-state index is 0.458. The molecule has 1 atom stereocenters. The van der Waals surface area contributed by atoms with Crippen molar-refractivity contribution in [2.45, 2.75) is 45.2 Å². The van der Waals surface area contributed by atoms with Crippen LogP contribution in [0.2, 0.25) is 0 Å². The summed E-state index contributed by atoms with van der Waals surface area (Å²) in [6.45, 7) is 6.83. The zero-order valence-electron chi connectivity index (χ0n) is 12.2. The lowest BCUT2D eigenvalue weighted by Crippen LogP contribution is -2.32. The van der Waals surface area contributed by atoms with Crippen molar-refractivity contribution < 1.29 is 0 Å². The maximum atomic E-state index is 9.20. The van der Waals surface area contributed by atoms with Gasteiger partial charge in [0.05, 0.1) is 11.3 Å². The standard InChI is InChI=1S/C16H22BrN3/c1-12(2)20-8-3-4-15(7-9-20)19-16-10-14(17)6-5-13(16)11-18/h5-6,10,12,15,19H,3-4,7-9H2,1-2H3. The van der Waals surface area contributed by atoms with E-state index >= 15 is 0 Å². The zero-order valence-corrected chi connectivity index (χ0v) is 13.8. The molecule has 0 saturated carbocycles. The van der Waals surface area contributed by atoms with E-state index in [4.69, 9.17) is 0 Å². The van der Waals surface area contributed by atoms with Crippen LogP contribution in [0.3, 0.4) is 0 Å². The molecule has 2 rings (SSSR count). The van der Waals surface area contributed by atoms with Gasteiger partial charge in [0.2, 0.25) is 0 Å². The number of hydrogen-bond donors (Lipinski definition) is 1. The summed E-state index contributed by atoms with van der Waals surface area (Å²) in [5.41, 5.74) is 1.67. The second-order valence-electron chi connectivity index (χ2n) is 5.70. The SMILES string of the molecule is CC(C)N1CCCC(Nc2cc(Br)ccc2C#N)CC1. The van der Waals surface area contributed by atoms with Crippen molar-refractivity contribution in [3.05, 3.63) is 28.2 Å². The van der Waals surface area contributed by atoms with E-state index in [2.05, 4.69) is 46.1 Å². The van der Waals surface area contributed by atoms with E-state index in [1.165, 1.54) is 19.4 Å². The van der Waals surface area contributed by atoms with E-state index in [0.717, 1.165) is 28.7 Å². The normalized spacial score (nSPS) is 20.4. The summed E-state index contributed by atoms with van der Waals surface area (Å²) >= 11 is 3.48. The molecule has 1 heterocycles. The van der Waals surface area contributed by atoms with Gasteiger partial charge in [-0.3, -0.25) is 0 Å². The van der Waals surface area contributed by atoms with Gasteiger partial charge in [-0.05, 0) is 57.9 Å². The van der Waals surface area contributed by atoms with E-state index in [-0.39, 0.29) is 0 Å². The van der Waals surface area contributed by atoms with E-state index in [1.54, 1.807) is 0 Å². The Balaban J connectivity index is 2.04. The van der Waals surface area contributed by atoms with Crippen molar-refractivity contribution in [1.29, 1.82) is 5.26 Å². The third-order valence-corrected chi connectivity index (χ3v) is 4.45. The van der Waals surface area contributed by atoms with Crippen LogP contribution in [0.4, 0.5) is 5.69 Å². The number of nitrogens with zero attached hydrogens (tertiary/aromatic N) is 2. The molecule has 0 aromatic heterocycles. The Bertz CT molecular complexity index is 493. The van der Waals surface area contributed by atoms with Gasteiger partial charge in [0.1, 0.15) is 6.07 Å². The molecule has 1 N–H and O–H groups in total. The van der Waals surface area contributed by atoms with Gasteiger partial charge in [-0.2, -0.15) is 5.26 Å². The number of anilines is 1. The number of likely N-dealkylation sites (tertiary alicyclic amines) is 1. The first-order valence-corrected chi connectivity index (χ1v) is 8.09. The minimum absolute atomic E-state index is 0.458. The highest BCUT2D eigenvalue weighted by Crippen LogP contribution is 2.24. The van der Waals surface area contributed by atoms with Crippen LogP contribution in [-0.2, 0) is 0 Å². The number of halogens is 1. The summed E-state index contributed by atoms with van der Waals surface area (Å²) in [4.78, 5) is 2.54. The minimum Gasteiger partial charge on any atom is -0.381 e. The summed E-state index contributed by atoms with van der Waals surface area (Å²) in [6.07, 6.45) is 3.52. The summed E-state index contributed by atoms with van der Waals surface area (Å²) in [5, 5.41) is 12.8. The van der Waals surface area contributed by atoms with Crippen LogP contribution >= 0.6 is 15.9 Å². The Morgan fingerprint density at radius 3 is 2.85 bits per heavy atom. The number of rotatable bonds is 3. The monoisotopic (exact) mass is 335 g/mol. The molecular formula is C16H22BrN3. The second-order valence-corrected chi connectivity index (χ2v) is 6.62. The van der Waals surface area contributed by atoms with Crippen molar-refractivity contribution in [2.75, 3.05) is 18.4 Å². The van der Waals surface area contributed by atoms with Gasteiger partial charge < -0.3 is 10.2 Å². The average Bonchev–Trinajstić information content (AvgIpc) is 2.65. The number of nitrogens with one attached hydrogen (secondary N) is 1. The van der Waals surface area contributed by atoms with Crippen LogP contribution in [0.5, 0.6) is 0 Å². The van der Waals surface area contributed by atoms with Crippen molar-refractivity contribution in [2.24, 2.45) is 0 Å². The largest absolute Gasteiger partial charge is 0.381 e. The Hall–Kier alpha value is -1.05. The van der Waals surface area contributed by atoms with Crippen LogP contribution in [0.25, 0.3) is 0 Å². The number of hydrogen-bond acceptors (Lipinski definition) is 3. The smallest absolute Gasteiger partial charge is 0.101 e. The quantitative estimate of drug-likeness (QED) is 0.907. The van der Waals surface area contributed by atoms with Crippen molar-refractivity contribution in [1.82, 2.24) is 4.90 Å². The Morgan fingerprint density at radius 1 is 1.35 bits per heavy atom. The zero-order chi connectivity index (χ0) is 14.5. The van der Waals surface area contributed by atoms with E-state index in [0.29, 0.717) is 12.1 Å². The van der Waals surface area contributed by atoms with E-state index in [1.807, 2.05) is 18.2 Å². The molecule has 20 heavy (non-hydrogen) atoms. The van der Waals surface area contributed by atoms with Crippen LogP contribution < -0.4 is 5.32 Å². The second kappa shape index (κ2) is 7.10. The van der Waals surface area contributed by atoms with Gasteiger partial charge in [0.15, 0.2) is 0 Å². The molecule has 0 spiro atoms. The van der Waals surface area contributed by atoms with Gasteiger partial charge in [0, 0.05) is 23.1 Å². The summed E-state index contributed by atoms with van der Waals surface area (Å²) in [7, 11) is 0. The number of nitriles is 1. The van der Waals surface area contributed by atoms with Crippen LogP contribution in [0.15, 0.2) is 22.7 Å². The lowest BCUT2D eigenvalue weighted by molar-refractivity contribution is 0.230. The molecule has 1 unspecified atom stereocenters. The van der Waals surface area contributed by atoms with Crippen LogP contribution in [-0.4, -0.2) is 30.1 Å². The fraction of sp³-hybridized carbons (Fsp3) is 0.562. The number of benzene rings is 1. The molecule has 0 aliphatic carbocycles. The Labute approximate surface area is 130 Å². The van der Waals surface area contributed by atoms with Gasteiger partial charge in [-0.25, -0.2) is 0 Å². The molecule has 1 fully saturated rings. The highest BCUT2D eigenvalue weighted by Gasteiger charge is 2.19. The van der Waals surface area contributed by atoms with Gasteiger partial charge in [-0.1, -0.05) is 15.9 Å². The lowest BCUT2D eigenvalue weighted by Gasteiger charge is -2.24. The molecule has 0 amide bonds. The third-order valence-electron chi connectivity index (χ3n) is 3.95. The topological polar surface area (TPSA) is 39.1 Å². The molecule has 1 saturated heterocycles. The predicted octanol–water partition coefficient (Wildman–Crippen LogP) is 4.00. The van der Waals surface area contributed by atoms with Gasteiger partial charge in [0.25, 0.3) is 0 Å². The highest BCUT2D eigenvalue weighted by molar-refractivity contribution is 9.10. The molecule has 1 aliphatic heterocycles. The molecule has 4 heteroatoms. The maximum absolute atomic E-state index is 9.20. The Kier molecular flexibility index (Phi) is 5.45. The molecule has 1 aromatic carbocycles. The van der Waals surface area contributed by atoms with Crippen molar-refractivity contribution in [3.63, 3.8) is 0 Å². The first-order valence-electron chi connectivity index (χ1n) is 7.30. The third kappa shape index (κ3) is 3.97. The van der Waals surface area contributed by atoms with Crippen molar-refractivity contribution >= 4 is 21.6 Å².